The smallest absolute Gasteiger partial charge is 0.338 e. The van der Waals surface area contributed by atoms with Crippen LogP contribution in [0.15, 0.2) is 17.0 Å². The van der Waals surface area contributed by atoms with Gasteiger partial charge in [-0.3, -0.25) is 0 Å². The van der Waals surface area contributed by atoms with Crippen molar-refractivity contribution in [3.63, 3.8) is 0 Å². The van der Waals surface area contributed by atoms with Crippen LogP contribution >= 0.6 is 22.3 Å². The van der Waals surface area contributed by atoms with Gasteiger partial charge in [0.2, 0.25) is 0 Å². The first-order chi connectivity index (χ1) is 9.27. The molecule has 0 saturated heterocycles. The third kappa shape index (κ3) is 4.63. The van der Waals surface area contributed by atoms with Gasteiger partial charge in [-0.05, 0) is 31.5 Å². The fourth-order valence-electron chi connectivity index (χ4n) is 1.42. The number of hydrogen-bond donors (Lipinski definition) is 0. The van der Waals surface area contributed by atoms with E-state index < -0.39 is 15.0 Å². The molecule has 0 aliphatic heterocycles. The van der Waals surface area contributed by atoms with Crippen molar-refractivity contribution >= 4 is 37.3 Å². The summed E-state index contributed by atoms with van der Waals surface area (Å²) in [6, 6.07) is 2.34. The first-order valence-electron chi connectivity index (χ1n) is 5.77. The third-order valence-electron chi connectivity index (χ3n) is 2.48. The lowest BCUT2D eigenvalue weighted by molar-refractivity contribution is 0.0334. The summed E-state index contributed by atoms with van der Waals surface area (Å²) in [6.07, 6.45) is 0. The van der Waals surface area contributed by atoms with Gasteiger partial charge in [-0.25, -0.2) is 13.2 Å². The van der Waals surface area contributed by atoms with Crippen molar-refractivity contribution in [1.82, 2.24) is 0 Å². The van der Waals surface area contributed by atoms with Gasteiger partial charge in [0.05, 0.1) is 17.1 Å². The molecule has 1 rings (SSSR count). The Morgan fingerprint density at radius 2 is 1.95 bits per heavy atom. The van der Waals surface area contributed by atoms with Gasteiger partial charge in [-0.2, -0.15) is 0 Å². The highest BCUT2D eigenvalue weighted by atomic mass is 35.7. The molecule has 20 heavy (non-hydrogen) atoms. The molecule has 8 heteroatoms. The minimum Gasteiger partial charge on any atom is -0.460 e. The Morgan fingerprint density at radius 3 is 2.50 bits per heavy atom. The Hall–Kier alpha value is -0.820. The van der Waals surface area contributed by atoms with E-state index in [2.05, 4.69) is 0 Å². The molecule has 0 unspecified atom stereocenters. The summed E-state index contributed by atoms with van der Waals surface area (Å²) >= 11 is 5.90. The topological polar surface area (TPSA) is 69.7 Å². The van der Waals surface area contributed by atoms with Crippen LogP contribution in [-0.2, 0) is 18.5 Å². The molecule has 0 heterocycles. The minimum absolute atomic E-state index is 0.0632. The lowest BCUT2D eigenvalue weighted by Crippen LogP contribution is -2.13. The Kier molecular flexibility index (Phi) is 6.26. The Morgan fingerprint density at radius 1 is 1.30 bits per heavy atom. The van der Waals surface area contributed by atoms with Gasteiger partial charge >= 0.3 is 5.97 Å². The summed E-state index contributed by atoms with van der Waals surface area (Å²) in [5.74, 6) is -0.675. The van der Waals surface area contributed by atoms with Crippen molar-refractivity contribution in [1.29, 1.82) is 0 Å². The molecule has 1 aromatic carbocycles. The van der Waals surface area contributed by atoms with Crippen LogP contribution < -0.4 is 0 Å². The molecule has 0 aliphatic carbocycles. The summed E-state index contributed by atoms with van der Waals surface area (Å²) in [7, 11) is 1.27. The van der Waals surface area contributed by atoms with Crippen molar-refractivity contribution in [2.45, 2.75) is 18.7 Å². The summed E-state index contributed by atoms with van der Waals surface area (Å²) in [6.45, 7) is 4.26. The second kappa shape index (κ2) is 7.26. The van der Waals surface area contributed by atoms with Crippen LogP contribution in [0.2, 0.25) is 5.02 Å². The predicted molar refractivity (Wildman–Crippen MR) is 76.0 cm³/mol. The SMILES string of the molecule is CCOCCOC(=O)c1cc(S(=O)(=O)Cl)cc(Cl)c1C. The van der Waals surface area contributed by atoms with E-state index in [0.29, 0.717) is 12.2 Å². The van der Waals surface area contributed by atoms with Crippen LogP contribution in [-0.4, -0.2) is 34.2 Å². The van der Waals surface area contributed by atoms with Crippen molar-refractivity contribution in [3.8, 4) is 0 Å². The van der Waals surface area contributed by atoms with Crippen molar-refractivity contribution < 1.29 is 22.7 Å². The van der Waals surface area contributed by atoms with E-state index in [1.807, 2.05) is 6.92 Å². The molecule has 112 valence electrons. The number of hydrogen-bond acceptors (Lipinski definition) is 5. The van der Waals surface area contributed by atoms with Crippen LogP contribution in [0.4, 0.5) is 0 Å². The van der Waals surface area contributed by atoms with E-state index in [1.54, 1.807) is 6.92 Å². The normalized spacial score (nSPS) is 11.4. The van der Waals surface area contributed by atoms with Gasteiger partial charge in [0, 0.05) is 22.3 Å². The van der Waals surface area contributed by atoms with Crippen LogP contribution in [0.1, 0.15) is 22.8 Å². The van der Waals surface area contributed by atoms with E-state index in [1.165, 1.54) is 6.07 Å². The fraction of sp³-hybridized carbons (Fsp3) is 0.417. The van der Waals surface area contributed by atoms with Gasteiger partial charge in [0.25, 0.3) is 9.05 Å². The lowest BCUT2D eigenvalue weighted by Gasteiger charge is -2.10. The number of carbonyl (C=O) groups is 1. The van der Waals surface area contributed by atoms with Crippen LogP contribution in [0.3, 0.4) is 0 Å². The molecule has 0 spiro atoms. The van der Waals surface area contributed by atoms with Gasteiger partial charge in [0.15, 0.2) is 0 Å². The second-order valence-electron chi connectivity index (χ2n) is 3.85. The maximum atomic E-state index is 11.9. The Bertz CT molecular complexity index is 598. The zero-order valence-corrected chi connectivity index (χ0v) is 13.3. The molecule has 0 bridgehead atoms. The van der Waals surface area contributed by atoms with E-state index in [4.69, 9.17) is 31.8 Å². The Labute approximate surface area is 127 Å². The highest BCUT2D eigenvalue weighted by Gasteiger charge is 2.19. The first kappa shape index (κ1) is 17.2. The molecular formula is C12H14Cl2O5S. The maximum Gasteiger partial charge on any atom is 0.338 e. The molecular weight excluding hydrogens is 327 g/mol. The highest BCUT2D eigenvalue weighted by molar-refractivity contribution is 8.13. The standard InChI is InChI=1S/C12H14Cl2O5S/c1-3-18-4-5-19-12(15)10-6-9(20(14,16)17)7-11(13)8(10)2/h6-7H,3-5H2,1-2H3. The number of carbonyl (C=O) groups excluding carboxylic acids is 1. The first-order valence-corrected chi connectivity index (χ1v) is 8.45. The van der Waals surface area contributed by atoms with Gasteiger partial charge in [-0.15, -0.1) is 0 Å². The molecule has 0 fully saturated rings. The van der Waals surface area contributed by atoms with Crippen LogP contribution in [0.5, 0.6) is 0 Å². The maximum absolute atomic E-state index is 11.9. The largest absolute Gasteiger partial charge is 0.460 e. The third-order valence-corrected chi connectivity index (χ3v) is 4.21. The van der Waals surface area contributed by atoms with E-state index in [9.17, 15) is 13.2 Å². The average Bonchev–Trinajstić information content (AvgIpc) is 2.36. The summed E-state index contributed by atoms with van der Waals surface area (Å²) in [4.78, 5) is 11.6. The molecule has 5 nitrogen and oxygen atoms in total. The van der Waals surface area contributed by atoms with Crippen LogP contribution in [0.25, 0.3) is 0 Å². The van der Waals surface area contributed by atoms with E-state index >= 15 is 0 Å². The summed E-state index contributed by atoms with van der Waals surface area (Å²) in [5.41, 5.74) is 0.491. The number of rotatable bonds is 6. The zero-order chi connectivity index (χ0) is 15.3. The number of ether oxygens (including phenoxy) is 2. The zero-order valence-electron chi connectivity index (χ0n) is 11.0. The van der Waals surface area contributed by atoms with Gasteiger partial charge in [-0.1, -0.05) is 11.6 Å². The molecule has 1 aromatic rings. The number of esters is 1. The monoisotopic (exact) mass is 340 g/mol. The van der Waals surface area contributed by atoms with Crippen LogP contribution in [0, 0.1) is 6.92 Å². The molecule has 0 atom stereocenters. The quantitative estimate of drug-likeness (QED) is 0.452. The Balaban J connectivity index is 2.99. The van der Waals surface area contributed by atoms with Crippen molar-refractivity contribution in [2.75, 3.05) is 19.8 Å². The van der Waals surface area contributed by atoms with Crippen molar-refractivity contribution in [2.24, 2.45) is 0 Å². The summed E-state index contributed by atoms with van der Waals surface area (Å²) < 4.78 is 32.6. The second-order valence-corrected chi connectivity index (χ2v) is 6.82. The van der Waals surface area contributed by atoms with E-state index in [0.717, 1.165) is 6.07 Å². The number of benzene rings is 1. The minimum atomic E-state index is -3.97. The van der Waals surface area contributed by atoms with E-state index in [-0.39, 0.29) is 28.7 Å². The lowest BCUT2D eigenvalue weighted by atomic mass is 10.1. The molecule has 0 aromatic heterocycles. The molecule has 0 radical (unpaired) electrons. The molecule has 0 N–H and O–H groups in total. The van der Waals surface area contributed by atoms with Gasteiger partial charge < -0.3 is 9.47 Å². The molecule has 0 amide bonds. The van der Waals surface area contributed by atoms with Gasteiger partial charge in [0.1, 0.15) is 6.61 Å². The van der Waals surface area contributed by atoms with Crippen molar-refractivity contribution in [3.05, 3.63) is 28.3 Å². The summed E-state index contributed by atoms with van der Waals surface area (Å²) in [5, 5.41) is 0.128. The molecule has 0 aliphatic rings. The fourth-order valence-corrected chi connectivity index (χ4v) is 2.49. The highest BCUT2D eigenvalue weighted by Crippen LogP contribution is 2.26. The predicted octanol–water partition coefficient (Wildman–Crippen LogP) is 2.77. The number of halogens is 2. The molecule has 0 saturated carbocycles. The average molecular weight is 341 g/mol.